The predicted octanol–water partition coefficient (Wildman–Crippen LogP) is 1.78. The van der Waals surface area contributed by atoms with E-state index in [0.717, 1.165) is 12.1 Å². The van der Waals surface area contributed by atoms with Gasteiger partial charge in [-0.25, -0.2) is 13.6 Å². The molecule has 1 aromatic carbocycles. The first kappa shape index (κ1) is 18.7. The van der Waals surface area contributed by atoms with Gasteiger partial charge in [0.25, 0.3) is 5.89 Å². The van der Waals surface area contributed by atoms with Crippen LogP contribution in [0.2, 0.25) is 0 Å². The third-order valence-electron chi connectivity index (χ3n) is 4.43. The highest BCUT2D eigenvalue weighted by Gasteiger charge is 2.33. The SMILES string of the molecule is CCN1CCN(C(=O)NCc2noc(-c3c(F)cccc3F)n2)C(C)C1=O. The summed E-state index contributed by atoms with van der Waals surface area (Å²) in [5.74, 6) is -2.01. The third-order valence-corrected chi connectivity index (χ3v) is 4.43. The van der Waals surface area contributed by atoms with Crippen molar-refractivity contribution in [2.24, 2.45) is 0 Å². The second-order valence-corrected chi connectivity index (χ2v) is 6.06. The Morgan fingerprint density at radius 1 is 1.33 bits per heavy atom. The van der Waals surface area contributed by atoms with Crippen LogP contribution in [0, 0.1) is 11.6 Å². The molecule has 0 aliphatic carbocycles. The molecule has 2 aromatic rings. The van der Waals surface area contributed by atoms with Crippen molar-refractivity contribution in [3.63, 3.8) is 0 Å². The summed E-state index contributed by atoms with van der Waals surface area (Å²) in [7, 11) is 0. The summed E-state index contributed by atoms with van der Waals surface area (Å²) in [6.45, 7) is 4.91. The fourth-order valence-corrected chi connectivity index (χ4v) is 2.91. The number of carbonyl (C=O) groups is 2. The minimum atomic E-state index is -0.824. The second kappa shape index (κ2) is 7.68. The van der Waals surface area contributed by atoms with Gasteiger partial charge in [-0.15, -0.1) is 0 Å². The molecule has 1 aromatic heterocycles. The summed E-state index contributed by atoms with van der Waals surface area (Å²) in [5, 5.41) is 6.21. The topological polar surface area (TPSA) is 91.6 Å². The van der Waals surface area contributed by atoms with E-state index in [1.54, 1.807) is 11.8 Å². The molecular formula is C17H19F2N5O3. The zero-order valence-corrected chi connectivity index (χ0v) is 14.9. The average molecular weight is 379 g/mol. The van der Waals surface area contributed by atoms with E-state index < -0.39 is 29.3 Å². The van der Waals surface area contributed by atoms with E-state index in [2.05, 4.69) is 15.5 Å². The Hall–Kier alpha value is -3.04. The van der Waals surface area contributed by atoms with Crippen molar-refractivity contribution in [3.05, 3.63) is 35.7 Å². The van der Waals surface area contributed by atoms with Gasteiger partial charge in [-0.05, 0) is 26.0 Å². The van der Waals surface area contributed by atoms with Gasteiger partial charge in [0, 0.05) is 19.6 Å². The van der Waals surface area contributed by atoms with Crippen molar-refractivity contribution in [2.45, 2.75) is 26.4 Å². The second-order valence-electron chi connectivity index (χ2n) is 6.06. The first-order valence-electron chi connectivity index (χ1n) is 8.52. The molecule has 144 valence electrons. The number of benzene rings is 1. The molecule has 27 heavy (non-hydrogen) atoms. The van der Waals surface area contributed by atoms with E-state index in [1.807, 2.05) is 6.92 Å². The molecule has 0 saturated carbocycles. The predicted molar refractivity (Wildman–Crippen MR) is 90.3 cm³/mol. The Bertz CT molecular complexity index is 837. The quantitative estimate of drug-likeness (QED) is 0.874. The molecule has 1 aliphatic heterocycles. The van der Waals surface area contributed by atoms with Crippen LogP contribution in [-0.2, 0) is 11.3 Å². The van der Waals surface area contributed by atoms with E-state index in [-0.39, 0.29) is 24.2 Å². The molecule has 3 amide bonds. The largest absolute Gasteiger partial charge is 0.339 e. The molecule has 1 unspecified atom stereocenters. The lowest BCUT2D eigenvalue weighted by molar-refractivity contribution is -0.138. The highest BCUT2D eigenvalue weighted by molar-refractivity contribution is 5.87. The Morgan fingerprint density at radius 3 is 2.70 bits per heavy atom. The number of carbonyl (C=O) groups excluding carboxylic acids is 2. The lowest BCUT2D eigenvalue weighted by Crippen LogP contribution is -2.59. The summed E-state index contributed by atoms with van der Waals surface area (Å²) in [6, 6.07) is 2.37. The number of rotatable bonds is 4. The molecule has 0 bridgehead atoms. The van der Waals surface area contributed by atoms with Crippen LogP contribution in [0.15, 0.2) is 22.7 Å². The third kappa shape index (κ3) is 3.74. The molecule has 3 rings (SSSR count). The van der Waals surface area contributed by atoms with Gasteiger partial charge < -0.3 is 19.6 Å². The van der Waals surface area contributed by atoms with Crippen LogP contribution in [0.1, 0.15) is 19.7 Å². The number of aromatic nitrogens is 2. The molecule has 1 atom stereocenters. The first-order valence-corrected chi connectivity index (χ1v) is 8.52. The Balaban J connectivity index is 1.64. The van der Waals surface area contributed by atoms with E-state index in [1.165, 1.54) is 11.0 Å². The van der Waals surface area contributed by atoms with Crippen molar-refractivity contribution in [3.8, 4) is 11.5 Å². The van der Waals surface area contributed by atoms with Crippen molar-refractivity contribution in [1.29, 1.82) is 0 Å². The number of hydrogen-bond donors (Lipinski definition) is 1. The number of likely N-dealkylation sites (N-methyl/N-ethyl adjacent to an activating group) is 1. The maximum atomic E-state index is 13.8. The normalized spacial score (nSPS) is 17.3. The van der Waals surface area contributed by atoms with Gasteiger partial charge in [-0.2, -0.15) is 4.98 Å². The number of urea groups is 1. The number of piperazine rings is 1. The molecule has 0 radical (unpaired) electrons. The molecule has 1 saturated heterocycles. The van der Waals surface area contributed by atoms with Crippen molar-refractivity contribution >= 4 is 11.9 Å². The Morgan fingerprint density at radius 2 is 2.04 bits per heavy atom. The summed E-state index contributed by atoms with van der Waals surface area (Å²) in [5.41, 5.74) is -0.419. The van der Waals surface area contributed by atoms with Crippen LogP contribution < -0.4 is 5.32 Å². The van der Waals surface area contributed by atoms with Crippen LogP contribution >= 0.6 is 0 Å². The molecule has 1 fully saturated rings. The summed E-state index contributed by atoms with van der Waals surface area (Å²) in [6.07, 6.45) is 0. The lowest BCUT2D eigenvalue weighted by atomic mass is 10.2. The number of halogens is 2. The number of nitrogens with one attached hydrogen (secondary N) is 1. The van der Waals surface area contributed by atoms with Gasteiger partial charge in [-0.1, -0.05) is 11.2 Å². The minimum absolute atomic E-state index is 0.0622. The maximum Gasteiger partial charge on any atom is 0.318 e. The number of hydrogen-bond acceptors (Lipinski definition) is 5. The molecule has 1 aliphatic rings. The molecule has 0 spiro atoms. The van der Waals surface area contributed by atoms with Crippen LogP contribution in [0.3, 0.4) is 0 Å². The number of nitrogens with zero attached hydrogens (tertiary/aromatic N) is 4. The van der Waals surface area contributed by atoms with Crippen molar-refractivity contribution in [2.75, 3.05) is 19.6 Å². The summed E-state index contributed by atoms with van der Waals surface area (Å²) >= 11 is 0. The summed E-state index contributed by atoms with van der Waals surface area (Å²) in [4.78, 5) is 31.5. The van der Waals surface area contributed by atoms with E-state index >= 15 is 0 Å². The van der Waals surface area contributed by atoms with E-state index in [4.69, 9.17) is 4.52 Å². The van der Waals surface area contributed by atoms with Gasteiger partial charge in [0.05, 0.1) is 6.54 Å². The Kier molecular flexibility index (Phi) is 5.33. The average Bonchev–Trinajstić information content (AvgIpc) is 3.10. The standard InChI is InChI=1S/C17H19F2N5O3/c1-3-23-7-8-24(10(2)16(23)25)17(26)20-9-13-21-15(27-22-13)14-11(18)5-4-6-12(14)19/h4-6,10H,3,7-9H2,1-2H3,(H,20,26). The number of amides is 3. The van der Waals surface area contributed by atoms with Gasteiger partial charge >= 0.3 is 6.03 Å². The van der Waals surface area contributed by atoms with Gasteiger partial charge in [0.2, 0.25) is 5.91 Å². The highest BCUT2D eigenvalue weighted by Crippen LogP contribution is 2.24. The maximum absolute atomic E-state index is 13.8. The van der Waals surface area contributed by atoms with Gasteiger partial charge in [-0.3, -0.25) is 4.79 Å². The highest BCUT2D eigenvalue weighted by atomic mass is 19.1. The minimum Gasteiger partial charge on any atom is -0.339 e. The fourth-order valence-electron chi connectivity index (χ4n) is 2.91. The van der Waals surface area contributed by atoms with Gasteiger partial charge in [0.1, 0.15) is 23.2 Å². The fraction of sp³-hybridized carbons (Fsp3) is 0.412. The molecule has 8 nitrogen and oxygen atoms in total. The molecule has 10 heteroatoms. The summed E-state index contributed by atoms with van der Waals surface area (Å²) < 4.78 is 32.4. The molecular weight excluding hydrogens is 360 g/mol. The first-order chi connectivity index (χ1) is 12.9. The van der Waals surface area contributed by atoms with Crippen LogP contribution in [0.4, 0.5) is 13.6 Å². The monoisotopic (exact) mass is 379 g/mol. The molecule has 2 heterocycles. The van der Waals surface area contributed by atoms with Crippen LogP contribution in [0.25, 0.3) is 11.5 Å². The van der Waals surface area contributed by atoms with E-state index in [9.17, 15) is 18.4 Å². The Labute approximate surface area is 154 Å². The van der Waals surface area contributed by atoms with Crippen LogP contribution in [0.5, 0.6) is 0 Å². The van der Waals surface area contributed by atoms with Crippen molar-refractivity contribution in [1.82, 2.24) is 25.3 Å². The van der Waals surface area contributed by atoms with Gasteiger partial charge in [0.15, 0.2) is 5.82 Å². The van der Waals surface area contributed by atoms with Crippen LogP contribution in [-0.4, -0.2) is 57.6 Å². The van der Waals surface area contributed by atoms with Crippen molar-refractivity contribution < 1.29 is 22.9 Å². The zero-order chi connectivity index (χ0) is 19.6. The lowest BCUT2D eigenvalue weighted by Gasteiger charge is -2.38. The smallest absolute Gasteiger partial charge is 0.318 e. The molecule has 1 N–H and O–H groups in total. The zero-order valence-electron chi connectivity index (χ0n) is 14.9. The van der Waals surface area contributed by atoms with E-state index in [0.29, 0.717) is 19.6 Å².